The van der Waals surface area contributed by atoms with Crippen molar-refractivity contribution in [2.45, 2.75) is 25.4 Å². The van der Waals surface area contributed by atoms with Gasteiger partial charge < -0.3 is 25.2 Å². The molecule has 7 heteroatoms. The van der Waals surface area contributed by atoms with Crippen molar-refractivity contribution >= 4 is 12.0 Å². The first-order valence-electron chi connectivity index (χ1n) is 6.34. The van der Waals surface area contributed by atoms with Crippen molar-refractivity contribution in [1.82, 2.24) is 10.2 Å². The fourth-order valence-electron chi connectivity index (χ4n) is 1.97. The number of ether oxygens (including phenoxy) is 1. The molecule has 1 unspecified atom stereocenters. The minimum Gasteiger partial charge on any atom is -0.479 e. The zero-order valence-corrected chi connectivity index (χ0v) is 11.4. The summed E-state index contributed by atoms with van der Waals surface area (Å²) in [5.41, 5.74) is -1.94. The molecular weight excluding hydrogens is 252 g/mol. The SMILES string of the molecule is COCC1CCN(C(=O)NCC(C)(O)C(=O)O)CC1. The Balaban J connectivity index is 2.34. The smallest absolute Gasteiger partial charge is 0.337 e. The monoisotopic (exact) mass is 274 g/mol. The quantitative estimate of drug-likeness (QED) is 0.649. The molecule has 0 radical (unpaired) electrons. The normalized spacial score (nSPS) is 19.8. The van der Waals surface area contributed by atoms with E-state index in [9.17, 15) is 14.7 Å². The summed E-state index contributed by atoms with van der Waals surface area (Å²) in [5.74, 6) is -0.886. The lowest BCUT2D eigenvalue weighted by molar-refractivity contribution is -0.155. The molecule has 1 aliphatic heterocycles. The second-order valence-electron chi connectivity index (χ2n) is 5.12. The number of aliphatic carboxylic acids is 1. The average molecular weight is 274 g/mol. The topological polar surface area (TPSA) is 99.1 Å². The third-order valence-electron chi connectivity index (χ3n) is 3.35. The third kappa shape index (κ3) is 4.68. The lowest BCUT2D eigenvalue weighted by atomic mass is 9.98. The maximum absolute atomic E-state index is 11.8. The Labute approximate surface area is 112 Å². The minimum absolute atomic E-state index is 0.306. The van der Waals surface area contributed by atoms with Crippen molar-refractivity contribution in [3.05, 3.63) is 0 Å². The Hall–Kier alpha value is -1.34. The van der Waals surface area contributed by atoms with E-state index in [1.54, 1.807) is 12.0 Å². The van der Waals surface area contributed by atoms with Crippen molar-refractivity contribution in [2.24, 2.45) is 5.92 Å². The predicted octanol–water partition coefficient (Wildman–Crippen LogP) is -0.110. The molecule has 0 aromatic rings. The van der Waals surface area contributed by atoms with E-state index in [0.717, 1.165) is 19.8 Å². The largest absolute Gasteiger partial charge is 0.479 e. The van der Waals surface area contributed by atoms with Crippen LogP contribution in [0.3, 0.4) is 0 Å². The van der Waals surface area contributed by atoms with Crippen molar-refractivity contribution in [3.8, 4) is 0 Å². The molecule has 7 nitrogen and oxygen atoms in total. The number of carboxylic acid groups (broad SMARTS) is 1. The number of carbonyl (C=O) groups is 2. The molecule has 2 amide bonds. The van der Waals surface area contributed by atoms with Crippen LogP contribution in [0.2, 0.25) is 0 Å². The van der Waals surface area contributed by atoms with E-state index in [2.05, 4.69) is 5.32 Å². The van der Waals surface area contributed by atoms with Gasteiger partial charge in [-0.25, -0.2) is 9.59 Å². The van der Waals surface area contributed by atoms with Crippen molar-refractivity contribution in [3.63, 3.8) is 0 Å². The van der Waals surface area contributed by atoms with Crippen LogP contribution >= 0.6 is 0 Å². The van der Waals surface area contributed by atoms with E-state index in [0.29, 0.717) is 25.6 Å². The second-order valence-corrected chi connectivity index (χ2v) is 5.12. The van der Waals surface area contributed by atoms with E-state index in [4.69, 9.17) is 9.84 Å². The lowest BCUT2D eigenvalue weighted by Gasteiger charge is -2.32. The van der Waals surface area contributed by atoms with Crippen LogP contribution in [0.1, 0.15) is 19.8 Å². The zero-order chi connectivity index (χ0) is 14.5. The molecule has 1 aliphatic rings. The highest BCUT2D eigenvalue weighted by atomic mass is 16.5. The molecular formula is C12H22N2O5. The molecule has 1 atom stereocenters. The standard InChI is InChI=1S/C12H22N2O5/c1-12(18,10(15)16)8-13-11(17)14-5-3-9(4-6-14)7-19-2/h9,18H,3-8H2,1-2H3,(H,13,17)(H,15,16). The number of nitrogens with one attached hydrogen (secondary N) is 1. The molecule has 0 aromatic carbocycles. The van der Waals surface area contributed by atoms with Gasteiger partial charge in [-0.05, 0) is 25.7 Å². The number of hydrogen-bond donors (Lipinski definition) is 3. The van der Waals surface area contributed by atoms with Gasteiger partial charge in [-0.1, -0.05) is 0 Å². The molecule has 0 spiro atoms. The molecule has 0 aromatic heterocycles. The number of nitrogens with zero attached hydrogens (tertiary/aromatic N) is 1. The van der Waals surface area contributed by atoms with Gasteiger partial charge in [0.2, 0.25) is 0 Å². The van der Waals surface area contributed by atoms with Crippen LogP contribution in [0.4, 0.5) is 4.79 Å². The van der Waals surface area contributed by atoms with Crippen LogP contribution in [0.25, 0.3) is 0 Å². The van der Waals surface area contributed by atoms with Gasteiger partial charge in [-0.15, -0.1) is 0 Å². The highest BCUT2D eigenvalue weighted by molar-refractivity contribution is 5.79. The number of methoxy groups -OCH3 is 1. The predicted molar refractivity (Wildman–Crippen MR) is 67.8 cm³/mol. The summed E-state index contributed by atoms with van der Waals surface area (Å²) in [6.07, 6.45) is 1.74. The number of carbonyl (C=O) groups excluding carboxylic acids is 1. The summed E-state index contributed by atoms with van der Waals surface area (Å²) < 4.78 is 5.08. The highest BCUT2D eigenvalue weighted by Crippen LogP contribution is 2.17. The van der Waals surface area contributed by atoms with Gasteiger partial charge in [0.25, 0.3) is 0 Å². The fourth-order valence-corrected chi connectivity index (χ4v) is 1.97. The van der Waals surface area contributed by atoms with Crippen LogP contribution in [-0.2, 0) is 9.53 Å². The van der Waals surface area contributed by atoms with Crippen LogP contribution < -0.4 is 5.32 Å². The Bertz CT molecular complexity index is 324. The van der Waals surface area contributed by atoms with E-state index >= 15 is 0 Å². The first-order valence-corrected chi connectivity index (χ1v) is 6.34. The number of rotatable bonds is 5. The summed E-state index contributed by atoms with van der Waals surface area (Å²) in [4.78, 5) is 24.1. The van der Waals surface area contributed by atoms with E-state index in [1.807, 2.05) is 0 Å². The first kappa shape index (κ1) is 15.7. The van der Waals surface area contributed by atoms with Gasteiger partial charge in [0.1, 0.15) is 0 Å². The molecule has 0 bridgehead atoms. The number of hydrogen-bond acceptors (Lipinski definition) is 4. The van der Waals surface area contributed by atoms with Crippen LogP contribution in [0, 0.1) is 5.92 Å². The molecule has 0 aliphatic carbocycles. The number of amides is 2. The lowest BCUT2D eigenvalue weighted by Crippen LogP contribution is -2.51. The molecule has 0 saturated carbocycles. The Morgan fingerprint density at radius 3 is 2.47 bits per heavy atom. The fraction of sp³-hybridized carbons (Fsp3) is 0.833. The molecule has 3 N–H and O–H groups in total. The molecule has 1 fully saturated rings. The number of likely N-dealkylation sites (tertiary alicyclic amines) is 1. The summed E-state index contributed by atoms with van der Waals surface area (Å²) >= 11 is 0. The molecule has 110 valence electrons. The Morgan fingerprint density at radius 1 is 1.42 bits per heavy atom. The van der Waals surface area contributed by atoms with Crippen LogP contribution in [0.5, 0.6) is 0 Å². The van der Waals surface area contributed by atoms with Gasteiger partial charge in [-0.3, -0.25) is 0 Å². The van der Waals surface area contributed by atoms with Gasteiger partial charge in [0.05, 0.1) is 6.54 Å². The summed E-state index contributed by atoms with van der Waals surface area (Å²) in [5, 5.41) is 20.7. The summed E-state index contributed by atoms with van der Waals surface area (Å²) in [6.45, 7) is 2.78. The second kappa shape index (κ2) is 6.72. The highest BCUT2D eigenvalue weighted by Gasteiger charge is 2.31. The number of piperidine rings is 1. The van der Waals surface area contributed by atoms with Gasteiger partial charge in [0, 0.05) is 26.8 Å². The maximum Gasteiger partial charge on any atom is 0.337 e. The molecule has 1 heterocycles. The van der Waals surface area contributed by atoms with Crippen LogP contribution in [0.15, 0.2) is 0 Å². The maximum atomic E-state index is 11.8. The summed E-state index contributed by atoms with van der Waals surface area (Å²) in [7, 11) is 1.66. The molecule has 19 heavy (non-hydrogen) atoms. The van der Waals surface area contributed by atoms with Crippen molar-refractivity contribution < 1.29 is 24.5 Å². The van der Waals surface area contributed by atoms with Gasteiger partial charge in [0.15, 0.2) is 5.60 Å². The average Bonchev–Trinajstić information content (AvgIpc) is 2.37. The Morgan fingerprint density at radius 2 is 2.00 bits per heavy atom. The van der Waals surface area contributed by atoms with Gasteiger partial charge >= 0.3 is 12.0 Å². The first-order chi connectivity index (χ1) is 8.86. The summed E-state index contributed by atoms with van der Waals surface area (Å²) in [6, 6.07) is -0.336. The number of urea groups is 1. The van der Waals surface area contributed by atoms with Crippen molar-refractivity contribution in [1.29, 1.82) is 0 Å². The number of carboxylic acids is 1. The van der Waals surface area contributed by atoms with E-state index in [-0.39, 0.29) is 12.6 Å². The third-order valence-corrected chi connectivity index (χ3v) is 3.35. The van der Waals surface area contributed by atoms with E-state index < -0.39 is 11.6 Å². The van der Waals surface area contributed by atoms with Crippen molar-refractivity contribution in [2.75, 3.05) is 33.4 Å². The number of aliphatic hydroxyl groups is 1. The molecule has 1 rings (SSSR count). The van der Waals surface area contributed by atoms with Gasteiger partial charge in [-0.2, -0.15) is 0 Å². The van der Waals surface area contributed by atoms with Crippen LogP contribution in [-0.4, -0.2) is 66.1 Å². The minimum atomic E-state index is -1.94. The van der Waals surface area contributed by atoms with E-state index in [1.165, 1.54) is 0 Å². The Kier molecular flexibility index (Phi) is 5.56. The zero-order valence-electron chi connectivity index (χ0n) is 11.4. The molecule has 1 saturated heterocycles.